The first kappa shape index (κ1) is 12.0. The molecule has 0 fully saturated rings. The molecule has 2 aromatic rings. The molecule has 0 bridgehead atoms. The summed E-state index contributed by atoms with van der Waals surface area (Å²) in [5.74, 6) is -0.120. The van der Waals surface area contributed by atoms with E-state index in [1.165, 1.54) is 6.07 Å². The lowest BCUT2D eigenvalue weighted by Gasteiger charge is -2.02. The molecule has 18 heavy (non-hydrogen) atoms. The molecule has 0 saturated carbocycles. The molecule has 0 aromatic heterocycles. The number of rotatable bonds is 4. The lowest BCUT2D eigenvalue weighted by Crippen LogP contribution is -2.05. The minimum Gasteiger partial charge on any atom is -0.294 e. The van der Waals surface area contributed by atoms with Crippen LogP contribution >= 0.6 is 0 Å². The second kappa shape index (κ2) is 5.23. The zero-order chi connectivity index (χ0) is 13.0. The fourth-order valence-corrected chi connectivity index (χ4v) is 1.74. The van der Waals surface area contributed by atoms with Crippen molar-refractivity contribution in [2.24, 2.45) is 0 Å². The van der Waals surface area contributed by atoms with Crippen molar-refractivity contribution in [1.29, 1.82) is 0 Å². The van der Waals surface area contributed by atoms with Gasteiger partial charge in [0.2, 0.25) is 0 Å². The van der Waals surface area contributed by atoms with Gasteiger partial charge in [-0.25, -0.2) is 0 Å². The van der Waals surface area contributed by atoms with Crippen molar-refractivity contribution >= 4 is 11.5 Å². The van der Waals surface area contributed by atoms with Crippen LogP contribution in [0.2, 0.25) is 0 Å². The van der Waals surface area contributed by atoms with Crippen LogP contribution in [0.5, 0.6) is 0 Å². The molecule has 0 saturated heterocycles. The molecular formula is C14H11NO3. The third kappa shape index (κ3) is 2.60. The summed E-state index contributed by atoms with van der Waals surface area (Å²) in [5, 5.41) is 10.8. The summed E-state index contributed by atoms with van der Waals surface area (Å²) in [4.78, 5) is 22.3. The quantitative estimate of drug-likeness (QED) is 0.469. The Balaban J connectivity index is 2.25. The van der Waals surface area contributed by atoms with Crippen LogP contribution in [0.3, 0.4) is 0 Å². The van der Waals surface area contributed by atoms with E-state index in [1.807, 2.05) is 6.07 Å². The number of ketones is 1. The van der Waals surface area contributed by atoms with E-state index in [-0.39, 0.29) is 17.9 Å². The molecule has 0 aliphatic carbocycles. The normalized spacial score (nSPS) is 10.0. The molecule has 4 heteroatoms. The molecule has 0 unspecified atom stereocenters. The molecule has 0 spiro atoms. The second-order valence-corrected chi connectivity index (χ2v) is 3.85. The molecule has 2 aromatic carbocycles. The Labute approximate surface area is 104 Å². The van der Waals surface area contributed by atoms with Crippen molar-refractivity contribution in [1.82, 2.24) is 0 Å². The molecule has 0 heterocycles. The number of hydrogen-bond donors (Lipinski definition) is 0. The summed E-state index contributed by atoms with van der Waals surface area (Å²) in [6.07, 6.45) is 0.0428. The van der Waals surface area contributed by atoms with Gasteiger partial charge in [0.05, 0.1) is 4.92 Å². The Kier molecular flexibility index (Phi) is 3.48. The molecule has 0 amide bonds. The van der Waals surface area contributed by atoms with Gasteiger partial charge in [-0.1, -0.05) is 48.5 Å². The fourth-order valence-electron chi connectivity index (χ4n) is 1.74. The average molecular weight is 241 g/mol. The molecule has 4 nitrogen and oxygen atoms in total. The number of para-hydroxylation sites is 1. The van der Waals surface area contributed by atoms with Gasteiger partial charge in [-0.2, -0.15) is 0 Å². The van der Waals surface area contributed by atoms with Crippen molar-refractivity contribution in [2.45, 2.75) is 6.42 Å². The monoisotopic (exact) mass is 241 g/mol. The summed E-state index contributed by atoms with van der Waals surface area (Å²) in [6.45, 7) is 0. The minimum atomic E-state index is -0.465. The Morgan fingerprint density at radius 2 is 1.61 bits per heavy atom. The summed E-state index contributed by atoms with van der Waals surface area (Å²) < 4.78 is 0. The summed E-state index contributed by atoms with van der Waals surface area (Å²) in [7, 11) is 0. The first-order valence-electron chi connectivity index (χ1n) is 5.49. The van der Waals surface area contributed by atoms with Crippen molar-refractivity contribution in [3.05, 3.63) is 75.8 Å². The SMILES string of the molecule is O=C(Cc1ccccc1[N+](=O)[O-])c1ccccc1. The predicted octanol–water partition coefficient (Wildman–Crippen LogP) is 3.02. The highest BCUT2D eigenvalue weighted by Gasteiger charge is 2.16. The Morgan fingerprint density at radius 3 is 2.28 bits per heavy atom. The molecule has 0 radical (unpaired) electrons. The standard InChI is InChI=1S/C14H11NO3/c16-14(11-6-2-1-3-7-11)10-12-8-4-5-9-13(12)15(17)18/h1-9H,10H2. The zero-order valence-electron chi connectivity index (χ0n) is 9.58. The van der Waals surface area contributed by atoms with E-state index in [2.05, 4.69) is 0 Å². The highest BCUT2D eigenvalue weighted by molar-refractivity contribution is 5.97. The number of nitro benzene ring substituents is 1. The summed E-state index contributed by atoms with van der Waals surface area (Å²) in [5.41, 5.74) is 0.994. The van der Waals surface area contributed by atoms with E-state index in [9.17, 15) is 14.9 Å². The number of carbonyl (C=O) groups excluding carboxylic acids is 1. The van der Waals surface area contributed by atoms with Gasteiger partial charge in [0.15, 0.2) is 5.78 Å². The van der Waals surface area contributed by atoms with Crippen LogP contribution in [0, 0.1) is 10.1 Å². The van der Waals surface area contributed by atoms with Crippen LogP contribution in [-0.2, 0) is 6.42 Å². The van der Waals surface area contributed by atoms with Gasteiger partial charge in [-0.3, -0.25) is 14.9 Å². The van der Waals surface area contributed by atoms with E-state index in [0.29, 0.717) is 11.1 Å². The third-order valence-corrected chi connectivity index (χ3v) is 2.64. The van der Waals surface area contributed by atoms with Gasteiger partial charge in [-0.15, -0.1) is 0 Å². The van der Waals surface area contributed by atoms with Crippen molar-refractivity contribution < 1.29 is 9.72 Å². The van der Waals surface area contributed by atoms with E-state index >= 15 is 0 Å². The number of Topliss-reactive ketones (excluding diaryl/α,β-unsaturated/α-hetero) is 1. The minimum absolute atomic E-state index is 0.0122. The largest absolute Gasteiger partial charge is 0.294 e. The van der Waals surface area contributed by atoms with E-state index in [4.69, 9.17) is 0 Å². The second-order valence-electron chi connectivity index (χ2n) is 3.85. The van der Waals surface area contributed by atoms with Gasteiger partial charge in [-0.05, 0) is 0 Å². The maximum absolute atomic E-state index is 12.0. The maximum Gasteiger partial charge on any atom is 0.273 e. The number of carbonyl (C=O) groups is 1. The van der Waals surface area contributed by atoms with Gasteiger partial charge in [0, 0.05) is 23.6 Å². The highest BCUT2D eigenvalue weighted by Crippen LogP contribution is 2.19. The topological polar surface area (TPSA) is 60.2 Å². The van der Waals surface area contributed by atoms with Crippen molar-refractivity contribution in [3.63, 3.8) is 0 Å². The Morgan fingerprint density at radius 1 is 1.00 bits per heavy atom. The molecule has 90 valence electrons. The van der Waals surface area contributed by atoms with E-state index in [1.54, 1.807) is 42.5 Å². The van der Waals surface area contributed by atoms with Crippen LogP contribution < -0.4 is 0 Å². The first-order valence-corrected chi connectivity index (χ1v) is 5.49. The Hall–Kier alpha value is -2.49. The number of benzene rings is 2. The molecule has 2 rings (SSSR count). The van der Waals surface area contributed by atoms with Crippen LogP contribution in [-0.4, -0.2) is 10.7 Å². The zero-order valence-corrected chi connectivity index (χ0v) is 9.58. The smallest absolute Gasteiger partial charge is 0.273 e. The predicted molar refractivity (Wildman–Crippen MR) is 67.6 cm³/mol. The number of hydrogen-bond acceptors (Lipinski definition) is 3. The van der Waals surface area contributed by atoms with Crippen molar-refractivity contribution in [2.75, 3.05) is 0 Å². The summed E-state index contributed by atoms with van der Waals surface area (Å²) >= 11 is 0. The third-order valence-electron chi connectivity index (χ3n) is 2.64. The van der Waals surface area contributed by atoms with Crippen LogP contribution in [0.15, 0.2) is 54.6 Å². The van der Waals surface area contributed by atoms with Gasteiger partial charge >= 0.3 is 0 Å². The van der Waals surface area contributed by atoms with Gasteiger partial charge in [0.1, 0.15) is 0 Å². The number of nitrogens with zero attached hydrogens (tertiary/aromatic N) is 1. The van der Waals surface area contributed by atoms with Gasteiger partial charge in [0.25, 0.3) is 5.69 Å². The highest BCUT2D eigenvalue weighted by atomic mass is 16.6. The lowest BCUT2D eigenvalue weighted by molar-refractivity contribution is -0.385. The van der Waals surface area contributed by atoms with E-state index in [0.717, 1.165) is 0 Å². The fraction of sp³-hybridized carbons (Fsp3) is 0.0714. The van der Waals surface area contributed by atoms with Crippen LogP contribution in [0.4, 0.5) is 5.69 Å². The maximum atomic E-state index is 12.0. The Bertz CT molecular complexity index is 579. The molecular weight excluding hydrogens is 230 g/mol. The van der Waals surface area contributed by atoms with Crippen LogP contribution in [0.1, 0.15) is 15.9 Å². The van der Waals surface area contributed by atoms with Crippen molar-refractivity contribution in [3.8, 4) is 0 Å². The number of nitro groups is 1. The molecule has 0 N–H and O–H groups in total. The molecule has 0 aliphatic heterocycles. The molecule has 0 atom stereocenters. The molecule has 0 aliphatic rings. The lowest BCUT2D eigenvalue weighted by atomic mass is 10.0. The summed E-state index contributed by atoms with van der Waals surface area (Å²) in [6, 6.07) is 15.1. The first-order chi connectivity index (χ1) is 8.68. The van der Waals surface area contributed by atoms with Gasteiger partial charge < -0.3 is 0 Å². The average Bonchev–Trinajstić information content (AvgIpc) is 2.40. The van der Waals surface area contributed by atoms with Crippen LogP contribution in [0.25, 0.3) is 0 Å². The van der Waals surface area contributed by atoms with E-state index < -0.39 is 4.92 Å².